The maximum atomic E-state index is 13.9. The molecule has 0 spiro atoms. The Morgan fingerprint density at radius 3 is 2.18 bits per heavy atom. The van der Waals surface area contributed by atoms with Crippen LogP contribution in [0.3, 0.4) is 0 Å². The van der Waals surface area contributed by atoms with Gasteiger partial charge in [0, 0.05) is 36.0 Å². The van der Waals surface area contributed by atoms with Crippen molar-refractivity contribution in [3.63, 3.8) is 0 Å². The number of carboxylic acids is 1. The van der Waals surface area contributed by atoms with Gasteiger partial charge in [0.05, 0.1) is 6.33 Å². The van der Waals surface area contributed by atoms with Gasteiger partial charge in [-0.3, -0.25) is 4.79 Å². The fraction of sp³-hybridized carbons (Fsp3) is 0.185. The van der Waals surface area contributed by atoms with Crippen LogP contribution >= 0.6 is 0 Å². The molecule has 18 heteroatoms. The van der Waals surface area contributed by atoms with Gasteiger partial charge >= 0.3 is 18.3 Å². The predicted octanol–water partition coefficient (Wildman–Crippen LogP) is 4.83. The van der Waals surface area contributed by atoms with Crippen molar-refractivity contribution in [1.82, 2.24) is 30.6 Å². The maximum absolute atomic E-state index is 13.9. The number of benzene rings is 2. The van der Waals surface area contributed by atoms with Gasteiger partial charge in [0.15, 0.2) is 6.10 Å². The van der Waals surface area contributed by atoms with E-state index >= 15 is 0 Å². The van der Waals surface area contributed by atoms with Crippen LogP contribution < -0.4 is 5.32 Å². The Balaban J connectivity index is 0.000000591. The Labute approximate surface area is 247 Å². The largest absolute Gasteiger partial charge is 0.490 e. The van der Waals surface area contributed by atoms with Crippen molar-refractivity contribution in [2.75, 3.05) is 6.54 Å². The molecular formula is C27H20F6N6O6. The molecule has 0 radical (unpaired) electrons. The molecule has 236 valence electrons. The second-order valence-corrected chi connectivity index (χ2v) is 8.97. The third-order valence-electron chi connectivity index (χ3n) is 5.87. The third kappa shape index (κ3) is 8.11. The van der Waals surface area contributed by atoms with Crippen molar-refractivity contribution in [2.45, 2.75) is 24.9 Å². The van der Waals surface area contributed by atoms with Crippen molar-refractivity contribution in [3.8, 4) is 34.3 Å². The van der Waals surface area contributed by atoms with Crippen LogP contribution in [-0.2, 0) is 22.2 Å². The van der Waals surface area contributed by atoms with Crippen molar-refractivity contribution < 1.29 is 55.2 Å². The smallest absolute Gasteiger partial charge is 0.475 e. The average molecular weight is 638 g/mol. The van der Waals surface area contributed by atoms with E-state index in [0.717, 1.165) is 5.69 Å². The minimum absolute atomic E-state index is 0.0177. The summed E-state index contributed by atoms with van der Waals surface area (Å²) in [5.74, 6) is -4.56. The van der Waals surface area contributed by atoms with E-state index in [2.05, 4.69) is 30.6 Å². The van der Waals surface area contributed by atoms with Crippen LogP contribution in [0.2, 0.25) is 0 Å². The van der Waals surface area contributed by atoms with Crippen LogP contribution in [0, 0.1) is 0 Å². The number of aliphatic hydroxyl groups excluding tert-OH is 1. The second kappa shape index (κ2) is 13.4. The number of H-pyrrole nitrogens is 1. The number of alkyl halides is 6. The van der Waals surface area contributed by atoms with Gasteiger partial charge in [-0.15, -0.1) is 0 Å². The molecule has 5 rings (SSSR count). The Bertz CT molecular complexity index is 1720. The molecule has 0 aliphatic carbocycles. The number of hydrogen-bond acceptors (Lipinski definition) is 9. The molecule has 1 amide bonds. The van der Waals surface area contributed by atoms with E-state index in [1.807, 2.05) is 0 Å². The first-order chi connectivity index (χ1) is 21.3. The Kier molecular flexibility index (Phi) is 9.66. The van der Waals surface area contributed by atoms with Crippen LogP contribution in [0.5, 0.6) is 0 Å². The number of aliphatic carboxylic acids is 1. The van der Waals surface area contributed by atoms with Crippen LogP contribution in [0.1, 0.15) is 22.9 Å². The quantitative estimate of drug-likeness (QED) is 0.172. The zero-order valence-electron chi connectivity index (χ0n) is 22.4. The SMILES string of the molecule is O=C(NCCc1cnc[nH]1)C(O)c1ccc(-c2noc(-c3onc(-c4ccccc4)c3C(F)(F)F)n2)cc1.O=C(O)C(F)(F)F. The monoisotopic (exact) mass is 638 g/mol. The summed E-state index contributed by atoms with van der Waals surface area (Å²) < 4.78 is 83.6. The van der Waals surface area contributed by atoms with Gasteiger partial charge in [-0.25, -0.2) is 9.78 Å². The van der Waals surface area contributed by atoms with E-state index in [9.17, 15) is 36.2 Å². The summed E-state index contributed by atoms with van der Waals surface area (Å²) in [6.07, 6.45) is -7.62. The lowest BCUT2D eigenvalue weighted by atomic mass is 10.1. The van der Waals surface area contributed by atoms with Crippen LogP contribution in [0.25, 0.3) is 34.3 Å². The summed E-state index contributed by atoms with van der Waals surface area (Å²) in [6, 6.07) is 13.8. The normalized spacial score (nSPS) is 12.2. The first-order valence-electron chi connectivity index (χ1n) is 12.6. The highest BCUT2D eigenvalue weighted by molar-refractivity contribution is 5.82. The van der Waals surface area contributed by atoms with Gasteiger partial charge in [0.1, 0.15) is 11.3 Å². The fourth-order valence-electron chi connectivity index (χ4n) is 3.73. The Morgan fingerprint density at radius 2 is 1.60 bits per heavy atom. The zero-order valence-corrected chi connectivity index (χ0v) is 22.4. The molecule has 0 saturated carbocycles. The molecule has 3 aromatic heterocycles. The number of halogens is 6. The maximum Gasteiger partial charge on any atom is 0.490 e. The number of amides is 1. The summed E-state index contributed by atoms with van der Waals surface area (Å²) in [5, 5.41) is 27.5. The zero-order chi connectivity index (χ0) is 32.8. The molecule has 0 bridgehead atoms. The molecular weight excluding hydrogens is 618 g/mol. The van der Waals surface area contributed by atoms with Crippen molar-refractivity contribution in [3.05, 3.63) is 83.9 Å². The summed E-state index contributed by atoms with van der Waals surface area (Å²) >= 11 is 0. The van der Waals surface area contributed by atoms with Crippen LogP contribution in [0.15, 0.2) is 76.2 Å². The van der Waals surface area contributed by atoms with E-state index in [1.54, 1.807) is 24.4 Å². The Morgan fingerprint density at radius 1 is 0.933 bits per heavy atom. The molecule has 0 aliphatic heterocycles. The number of aromatic amines is 1. The number of nitrogens with zero attached hydrogens (tertiary/aromatic N) is 4. The molecule has 0 saturated heterocycles. The van der Waals surface area contributed by atoms with Crippen LogP contribution in [-0.4, -0.2) is 60.1 Å². The van der Waals surface area contributed by atoms with Gasteiger partial charge in [-0.05, 0) is 5.56 Å². The summed E-state index contributed by atoms with van der Waals surface area (Å²) in [6.45, 7) is 0.301. The van der Waals surface area contributed by atoms with Gasteiger partial charge < -0.3 is 29.6 Å². The topological polar surface area (TPSA) is 180 Å². The summed E-state index contributed by atoms with van der Waals surface area (Å²) in [7, 11) is 0. The number of carboxylic acid groups (broad SMARTS) is 1. The molecule has 12 nitrogen and oxygen atoms in total. The summed E-state index contributed by atoms with van der Waals surface area (Å²) in [5.41, 5.74) is 0.220. The lowest BCUT2D eigenvalue weighted by Crippen LogP contribution is -2.31. The number of nitrogens with one attached hydrogen (secondary N) is 2. The highest BCUT2D eigenvalue weighted by Gasteiger charge is 2.43. The van der Waals surface area contributed by atoms with Gasteiger partial charge in [0.25, 0.3) is 11.8 Å². The lowest BCUT2D eigenvalue weighted by molar-refractivity contribution is -0.192. The number of rotatable bonds is 8. The number of carbonyl (C=O) groups is 2. The molecule has 45 heavy (non-hydrogen) atoms. The molecule has 0 aliphatic rings. The highest BCUT2D eigenvalue weighted by atomic mass is 19.4. The van der Waals surface area contributed by atoms with E-state index in [0.29, 0.717) is 24.1 Å². The number of imidazole rings is 1. The third-order valence-corrected chi connectivity index (χ3v) is 5.87. The van der Waals surface area contributed by atoms with E-state index in [-0.39, 0.29) is 11.4 Å². The molecule has 1 unspecified atom stereocenters. The first kappa shape index (κ1) is 32.4. The second-order valence-electron chi connectivity index (χ2n) is 8.97. The molecule has 1 atom stereocenters. The lowest BCUT2D eigenvalue weighted by Gasteiger charge is -2.11. The minimum Gasteiger partial charge on any atom is -0.475 e. The van der Waals surface area contributed by atoms with Gasteiger partial charge in [-0.1, -0.05) is 64.9 Å². The molecule has 4 N–H and O–H groups in total. The number of carbonyl (C=O) groups excluding carboxylic acids is 1. The van der Waals surface area contributed by atoms with E-state index in [1.165, 1.54) is 42.7 Å². The van der Waals surface area contributed by atoms with Crippen molar-refractivity contribution in [1.29, 1.82) is 0 Å². The van der Waals surface area contributed by atoms with Gasteiger partial charge in [0.2, 0.25) is 11.6 Å². The van der Waals surface area contributed by atoms with E-state index in [4.69, 9.17) is 18.9 Å². The molecule has 0 fully saturated rings. The number of aliphatic hydroxyl groups is 1. The van der Waals surface area contributed by atoms with Gasteiger partial charge in [-0.2, -0.15) is 31.3 Å². The molecule has 5 aromatic rings. The fourth-order valence-corrected chi connectivity index (χ4v) is 3.73. The average Bonchev–Trinajstić information content (AvgIpc) is 3.78. The molecule has 2 aromatic carbocycles. The number of aromatic nitrogens is 5. The Hall–Kier alpha value is -5.52. The predicted molar refractivity (Wildman–Crippen MR) is 140 cm³/mol. The number of hydrogen-bond donors (Lipinski definition) is 4. The van der Waals surface area contributed by atoms with Crippen molar-refractivity contribution >= 4 is 11.9 Å². The molecule has 3 heterocycles. The van der Waals surface area contributed by atoms with E-state index < -0.39 is 53.2 Å². The van der Waals surface area contributed by atoms with Crippen molar-refractivity contribution in [2.24, 2.45) is 0 Å². The summed E-state index contributed by atoms with van der Waals surface area (Å²) in [4.78, 5) is 32.0. The highest BCUT2D eigenvalue weighted by Crippen LogP contribution is 2.43. The standard InChI is InChI=1S/C25H19F3N6O4.C2HF3O2/c26-25(27,28)18-19(14-4-2-1-3-5-14)33-37-21(18)24-32-22(34-38-24)16-8-6-15(7-9-16)20(35)23(36)30-11-10-17-12-29-13-31-17;3-2(4,5)1(6)7/h1-9,12-13,20,35H,10-11H2,(H,29,31)(H,30,36);(H,6,7). The minimum atomic E-state index is -5.08. The van der Waals surface area contributed by atoms with Crippen LogP contribution in [0.4, 0.5) is 26.3 Å². The first-order valence-corrected chi connectivity index (χ1v) is 12.6.